The van der Waals surface area contributed by atoms with Crippen molar-refractivity contribution in [1.82, 2.24) is 19.4 Å². The average molecular weight is 409 g/mol. The fourth-order valence-corrected chi connectivity index (χ4v) is 3.79. The molecule has 0 radical (unpaired) electrons. The van der Waals surface area contributed by atoms with Crippen LogP contribution in [0.1, 0.15) is 23.5 Å². The minimum Gasteiger partial charge on any atom is -0.478 e. The van der Waals surface area contributed by atoms with E-state index in [-0.39, 0.29) is 11.3 Å². The van der Waals surface area contributed by atoms with Crippen LogP contribution < -0.4 is 0 Å². The molecule has 2 aromatic rings. The van der Waals surface area contributed by atoms with E-state index in [1.807, 2.05) is 24.3 Å². The van der Waals surface area contributed by atoms with Crippen LogP contribution in [-0.4, -0.2) is 80.7 Å². The maximum absolute atomic E-state index is 11.7. The van der Waals surface area contributed by atoms with E-state index in [1.54, 1.807) is 10.8 Å². The predicted molar refractivity (Wildman–Crippen MR) is 111 cm³/mol. The standard InChI is InChI=1S/C21H23N5O4/c1-24-7-4-8-25(10-9-24)21-23-16-6-3-2-5-14(16)11-18-22-17(13-26(18)21)15(20(29)30)12-19(27)28/h2-3,5-6,12-13H,4,7-11H2,1H3,(H,27,28)(H,29,30). The van der Waals surface area contributed by atoms with Gasteiger partial charge >= 0.3 is 11.9 Å². The number of fused-ring (bicyclic) bond motifs is 2. The van der Waals surface area contributed by atoms with E-state index < -0.39 is 11.9 Å². The topological polar surface area (TPSA) is 111 Å². The van der Waals surface area contributed by atoms with Gasteiger partial charge in [-0.3, -0.25) is 4.57 Å². The Hall–Kier alpha value is -3.46. The van der Waals surface area contributed by atoms with E-state index >= 15 is 0 Å². The van der Waals surface area contributed by atoms with Gasteiger partial charge in [0.15, 0.2) is 0 Å². The largest absolute Gasteiger partial charge is 0.478 e. The molecule has 0 aliphatic carbocycles. The highest BCUT2D eigenvalue weighted by atomic mass is 16.4. The molecule has 0 atom stereocenters. The fraction of sp³-hybridized carbons (Fsp3) is 0.333. The number of benzene rings is 1. The molecule has 2 N–H and O–H groups in total. The van der Waals surface area contributed by atoms with Crippen molar-refractivity contribution < 1.29 is 19.8 Å². The molecular weight excluding hydrogens is 386 g/mol. The molecule has 4 rings (SSSR count). The lowest BCUT2D eigenvalue weighted by Gasteiger charge is -2.25. The van der Waals surface area contributed by atoms with Crippen molar-refractivity contribution in [2.45, 2.75) is 12.8 Å². The number of carbonyl (C=O) groups is 2. The highest BCUT2D eigenvalue weighted by Crippen LogP contribution is 2.28. The lowest BCUT2D eigenvalue weighted by Crippen LogP contribution is -2.38. The summed E-state index contributed by atoms with van der Waals surface area (Å²) in [7, 11) is 2.09. The van der Waals surface area contributed by atoms with Gasteiger partial charge in [0.25, 0.3) is 0 Å². The molecule has 3 heterocycles. The van der Waals surface area contributed by atoms with Gasteiger partial charge in [0.2, 0.25) is 5.96 Å². The van der Waals surface area contributed by atoms with Crippen LogP contribution >= 0.6 is 0 Å². The molecule has 2 aliphatic heterocycles. The molecule has 0 amide bonds. The van der Waals surface area contributed by atoms with E-state index in [9.17, 15) is 14.7 Å². The monoisotopic (exact) mass is 409 g/mol. The third-order valence-corrected chi connectivity index (χ3v) is 5.33. The summed E-state index contributed by atoms with van der Waals surface area (Å²) >= 11 is 0. The molecule has 0 bridgehead atoms. The Balaban J connectivity index is 1.83. The number of para-hydroxylation sites is 1. The van der Waals surface area contributed by atoms with Gasteiger partial charge in [-0.2, -0.15) is 0 Å². The lowest BCUT2D eigenvalue weighted by molar-refractivity contribution is -0.133. The third kappa shape index (κ3) is 3.97. The number of aliphatic imine (C=N–C) groups is 1. The second-order valence-corrected chi connectivity index (χ2v) is 7.47. The second kappa shape index (κ2) is 8.11. The van der Waals surface area contributed by atoms with Crippen LogP contribution in [0.4, 0.5) is 5.69 Å². The van der Waals surface area contributed by atoms with E-state index in [1.165, 1.54) is 0 Å². The number of aromatic nitrogens is 2. The van der Waals surface area contributed by atoms with Gasteiger partial charge in [-0.1, -0.05) is 18.2 Å². The molecule has 0 spiro atoms. The molecule has 0 unspecified atom stereocenters. The number of hydrogen-bond donors (Lipinski definition) is 2. The number of carboxylic acids is 2. The molecule has 1 saturated heterocycles. The van der Waals surface area contributed by atoms with Crippen molar-refractivity contribution in [3.63, 3.8) is 0 Å². The molecule has 1 aromatic heterocycles. The average Bonchev–Trinajstić information content (AvgIpc) is 2.88. The summed E-state index contributed by atoms with van der Waals surface area (Å²) in [6.07, 6.45) is 3.71. The van der Waals surface area contributed by atoms with Crippen LogP contribution in [0, 0.1) is 0 Å². The summed E-state index contributed by atoms with van der Waals surface area (Å²) < 4.78 is 1.80. The summed E-state index contributed by atoms with van der Waals surface area (Å²) in [5.74, 6) is -1.35. The van der Waals surface area contributed by atoms with Crippen LogP contribution in [0.5, 0.6) is 0 Å². The van der Waals surface area contributed by atoms with Crippen molar-refractivity contribution in [1.29, 1.82) is 0 Å². The number of nitrogens with zero attached hydrogens (tertiary/aromatic N) is 5. The molecule has 156 valence electrons. The molecule has 30 heavy (non-hydrogen) atoms. The van der Waals surface area contributed by atoms with Gasteiger partial charge in [-0.15, -0.1) is 0 Å². The Bertz CT molecular complexity index is 1060. The summed E-state index contributed by atoms with van der Waals surface area (Å²) in [5, 5.41) is 18.6. The van der Waals surface area contributed by atoms with Crippen molar-refractivity contribution >= 4 is 29.2 Å². The Morgan fingerprint density at radius 2 is 1.90 bits per heavy atom. The van der Waals surface area contributed by atoms with Gasteiger partial charge in [0, 0.05) is 38.3 Å². The van der Waals surface area contributed by atoms with Crippen molar-refractivity contribution in [2.24, 2.45) is 4.99 Å². The number of likely N-dealkylation sites (N-methyl/N-ethyl adjacent to an activating group) is 1. The van der Waals surface area contributed by atoms with E-state index in [0.717, 1.165) is 43.9 Å². The molecule has 1 fully saturated rings. The first kappa shape index (κ1) is 19.8. The number of imidazole rings is 1. The van der Waals surface area contributed by atoms with Crippen LogP contribution in [0.2, 0.25) is 0 Å². The van der Waals surface area contributed by atoms with Crippen molar-refractivity contribution in [3.8, 4) is 0 Å². The Morgan fingerprint density at radius 1 is 1.10 bits per heavy atom. The molecule has 9 heteroatoms. The molecular formula is C21H23N5O4. The van der Waals surface area contributed by atoms with Gasteiger partial charge in [-0.25, -0.2) is 19.6 Å². The Kier molecular flexibility index (Phi) is 5.37. The normalized spacial score (nSPS) is 17.4. The minimum atomic E-state index is -1.33. The minimum absolute atomic E-state index is 0.110. The molecule has 1 aromatic carbocycles. The zero-order valence-electron chi connectivity index (χ0n) is 16.7. The maximum Gasteiger partial charge on any atom is 0.338 e. The van der Waals surface area contributed by atoms with Crippen LogP contribution in [-0.2, 0) is 16.0 Å². The van der Waals surface area contributed by atoms with Crippen molar-refractivity contribution in [3.05, 3.63) is 53.6 Å². The summed E-state index contributed by atoms with van der Waals surface area (Å²) in [4.78, 5) is 36.6. The van der Waals surface area contributed by atoms with E-state index in [0.29, 0.717) is 24.3 Å². The van der Waals surface area contributed by atoms with Crippen LogP contribution in [0.3, 0.4) is 0 Å². The van der Waals surface area contributed by atoms with Crippen LogP contribution in [0.15, 0.2) is 41.5 Å². The first-order valence-electron chi connectivity index (χ1n) is 9.79. The summed E-state index contributed by atoms with van der Waals surface area (Å²) in [5.41, 5.74) is 1.60. The number of aliphatic carboxylic acids is 2. The molecule has 0 saturated carbocycles. The van der Waals surface area contributed by atoms with Gasteiger partial charge in [0.05, 0.1) is 17.0 Å². The van der Waals surface area contributed by atoms with Gasteiger partial charge < -0.3 is 20.0 Å². The van der Waals surface area contributed by atoms with Crippen molar-refractivity contribution in [2.75, 3.05) is 33.2 Å². The second-order valence-electron chi connectivity index (χ2n) is 7.47. The number of hydrogen-bond acceptors (Lipinski definition) is 6. The molecule has 9 nitrogen and oxygen atoms in total. The van der Waals surface area contributed by atoms with Gasteiger partial charge in [0.1, 0.15) is 5.82 Å². The third-order valence-electron chi connectivity index (χ3n) is 5.33. The molecule has 2 aliphatic rings. The van der Waals surface area contributed by atoms with Crippen LogP contribution in [0.25, 0.3) is 5.57 Å². The van der Waals surface area contributed by atoms with E-state index in [4.69, 9.17) is 10.1 Å². The number of carboxylic acid groups (broad SMARTS) is 2. The fourth-order valence-electron chi connectivity index (χ4n) is 3.79. The first-order chi connectivity index (χ1) is 14.4. The number of rotatable bonds is 3. The summed E-state index contributed by atoms with van der Waals surface area (Å²) in [6.45, 7) is 3.47. The Labute approximate surface area is 173 Å². The smallest absolute Gasteiger partial charge is 0.338 e. The maximum atomic E-state index is 11.7. The quantitative estimate of drug-likeness (QED) is 0.739. The Morgan fingerprint density at radius 3 is 2.67 bits per heavy atom. The van der Waals surface area contributed by atoms with Gasteiger partial charge in [-0.05, 0) is 31.6 Å². The zero-order valence-corrected chi connectivity index (χ0v) is 16.7. The highest BCUT2D eigenvalue weighted by Gasteiger charge is 2.26. The first-order valence-corrected chi connectivity index (χ1v) is 9.79. The summed E-state index contributed by atoms with van der Waals surface area (Å²) in [6, 6.07) is 7.80. The zero-order chi connectivity index (χ0) is 21.3. The van der Waals surface area contributed by atoms with E-state index in [2.05, 4.69) is 21.8 Å². The SMILES string of the molecule is CN1CCCN(C2=Nc3ccccc3Cc3nc(C(=CC(=O)O)C(=O)O)cn32)CC1. The lowest BCUT2D eigenvalue weighted by atomic mass is 10.1. The highest BCUT2D eigenvalue weighted by molar-refractivity contribution is 6.18. The predicted octanol–water partition coefficient (Wildman–Crippen LogP) is 1.51.